The molecule has 0 heterocycles. The molecule has 0 saturated carbocycles. The summed E-state index contributed by atoms with van der Waals surface area (Å²) in [7, 11) is 1.61. The summed E-state index contributed by atoms with van der Waals surface area (Å²) in [6.07, 6.45) is -0.484. The molecule has 3 heteroatoms. The summed E-state index contributed by atoms with van der Waals surface area (Å²) in [5.41, 5.74) is 0.830. The Hall–Kier alpha value is -0.540. The molecule has 1 unspecified atom stereocenters. The van der Waals surface area contributed by atoms with E-state index in [-0.39, 0.29) is 5.92 Å². The van der Waals surface area contributed by atoms with Crippen molar-refractivity contribution in [3.05, 3.63) is 28.2 Å². The van der Waals surface area contributed by atoms with Crippen molar-refractivity contribution in [3.8, 4) is 5.75 Å². The van der Waals surface area contributed by atoms with Gasteiger partial charge in [-0.25, -0.2) is 0 Å². The van der Waals surface area contributed by atoms with Gasteiger partial charge in [0.15, 0.2) is 0 Å². The molecule has 0 aromatic heterocycles. The molecule has 0 fully saturated rings. The van der Waals surface area contributed by atoms with E-state index in [1.165, 1.54) is 0 Å². The highest BCUT2D eigenvalue weighted by molar-refractivity contribution is 9.10. The van der Waals surface area contributed by atoms with Crippen LogP contribution in [0.5, 0.6) is 5.75 Å². The maximum absolute atomic E-state index is 9.93. The maximum atomic E-state index is 9.93. The van der Waals surface area contributed by atoms with E-state index < -0.39 is 6.10 Å². The Morgan fingerprint density at radius 3 is 2.50 bits per heavy atom. The van der Waals surface area contributed by atoms with Gasteiger partial charge in [-0.15, -0.1) is 0 Å². The van der Waals surface area contributed by atoms with E-state index in [2.05, 4.69) is 15.9 Å². The summed E-state index contributed by atoms with van der Waals surface area (Å²) in [6, 6.07) is 5.64. The standard InChI is InChI=1S/C11H15BrO2/c1-7(2)11(13)9-6-8(12)4-5-10(9)14-3/h4-7,11,13H,1-3H3. The third kappa shape index (κ3) is 2.49. The summed E-state index contributed by atoms with van der Waals surface area (Å²) >= 11 is 3.38. The molecule has 1 atom stereocenters. The molecule has 0 aliphatic rings. The first kappa shape index (κ1) is 11.5. The number of ether oxygens (including phenoxy) is 1. The van der Waals surface area contributed by atoms with Crippen LogP contribution < -0.4 is 4.74 Å². The van der Waals surface area contributed by atoms with Crippen LogP contribution in [-0.4, -0.2) is 12.2 Å². The van der Waals surface area contributed by atoms with Crippen molar-refractivity contribution < 1.29 is 9.84 Å². The van der Waals surface area contributed by atoms with Gasteiger partial charge < -0.3 is 9.84 Å². The van der Waals surface area contributed by atoms with Gasteiger partial charge >= 0.3 is 0 Å². The number of hydrogen-bond acceptors (Lipinski definition) is 2. The normalized spacial score (nSPS) is 13.0. The predicted octanol–water partition coefficient (Wildman–Crippen LogP) is 3.15. The third-order valence-corrected chi connectivity index (χ3v) is 2.64. The summed E-state index contributed by atoms with van der Waals surface area (Å²) in [6.45, 7) is 3.95. The van der Waals surface area contributed by atoms with Gasteiger partial charge in [0, 0.05) is 10.0 Å². The van der Waals surface area contributed by atoms with Crippen LogP contribution in [-0.2, 0) is 0 Å². The van der Waals surface area contributed by atoms with Crippen molar-refractivity contribution in [1.82, 2.24) is 0 Å². The Balaban J connectivity index is 3.10. The lowest BCUT2D eigenvalue weighted by Crippen LogP contribution is -2.07. The molecule has 1 aromatic rings. The quantitative estimate of drug-likeness (QED) is 0.903. The third-order valence-electron chi connectivity index (χ3n) is 2.14. The number of aliphatic hydroxyl groups excluding tert-OH is 1. The molecule has 0 radical (unpaired) electrons. The molecule has 0 aliphatic carbocycles. The zero-order valence-corrected chi connectivity index (χ0v) is 10.2. The van der Waals surface area contributed by atoms with E-state index in [4.69, 9.17) is 4.74 Å². The first-order chi connectivity index (χ1) is 6.56. The summed E-state index contributed by atoms with van der Waals surface area (Å²) in [5, 5.41) is 9.93. The second kappa shape index (κ2) is 4.80. The molecular formula is C11H15BrO2. The van der Waals surface area contributed by atoms with Crippen LogP contribution in [0.4, 0.5) is 0 Å². The van der Waals surface area contributed by atoms with Gasteiger partial charge in [-0.05, 0) is 24.1 Å². The molecule has 0 bridgehead atoms. The molecule has 1 N–H and O–H groups in total. The summed E-state index contributed by atoms with van der Waals surface area (Å²) in [4.78, 5) is 0. The number of benzene rings is 1. The molecule has 14 heavy (non-hydrogen) atoms. The van der Waals surface area contributed by atoms with Crippen molar-refractivity contribution in [1.29, 1.82) is 0 Å². The Morgan fingerprint density at radius 1 is 1.36 bits per heavy atom. The number of aliphatic hydroxyl groups is 1. The van der Waals surface area contributed by atoms with Gasteiger partial charge in [-0.1, -0.05) is 29.8 Å². The Morgan fingerprint density at radius 2 is 2.00 bits per heavy atom. The van der Waals surface area contributed by atoms with E-state index in [0.717, 1.165) is 15.8 Å². The van der Waals surface area contributed by atoms with Crippen molar-refractivity contribution in [2.75, 3.05) is 7.11 Å². The Bertz CT molecular complexity index is 310. The van der Waals surface area contributed by atoms with Crippen molar-refractivity contribution >= 4 is 15.9 Å². The van der Waals surface area contributed by atoms with E-state index in [1.54, 1.807) is 7.11 Å². The monoisotopic (exact) mass is 258 g/mol. The molecule has 0 spiro atoms. The predicted molar refractivity (Wildman–Crippen MR) is 60.5 cm³/mol. The molecule has 0 amide bonds. The summed E-state index contributed by atoms with van der Waals surface area (Å²) < 4.78 is 6.14. The lowest BCUT2D eigenvalue weighted by molar-refractivity contribution is 0.123. The zero-order valence-electron chi connectivity index (χ0n) is 8.62. The number of methoxy groups -OCH3 is 1. The minimum absolute atomic E-state index is 0.179. The molecule has 2 nitrogen and oxygen atoms in total. The van der Waals surface area contributed by atoms with Gasteiger partial charge in [0.05, 0.1) is 13.2 Å². The molecule has 0 saturated heterocycles. The SMILES string of the molecule is COc1ccc(Br)cc1C(O)C(C)C. The van der Waals surface area contributed by atoms with E-state index >= 15 is 0 Å². The minimum Gasteiger partial charge on any atom is -0.496 e. The van der Waals surface area contributed by atoms with Gasteiger partial charge in [0.2, 0.25) is 0 Å². The lowest BCUT2D eigenvalue weighted by Gasteiger charge is -2.18. The zero-order chi connectivity index (χ0) is 10.7. The molecular weight excluding hydrogens is 244 g/mol. The fraction of sp³-hybridized carbons (Fsp3) is 0.455. The number of hydrogen-bond donors (Lipinski definition) is 1. The van der Waals surface area contributed by atoms with Crippen LogP contribution in [0.1, 0.15) is 25.5 Å². The smallest absolute Gasteiger partial charge is 0.124 e. The van der Waals surface area contributed by atoms with Crippen LogP contribution >= 0.6 is 15.9 Å². The molecule has 78 valence electrons. The fourth-order valence-electron chi connectivity index (χ4n) is 1.30. The summed E-state index contributed by atoms with van der Waals surface area (Å²) in [5.74, 6) is 0.910. The Kier molecular flexibility index (Phi) is 3.96. The van der Waals surface area contributed by atoms with E-state index in [9.17, 15) is 5.11 Å². The second-order valence-electron chi connectivity index (χ2n) is 3.58. The maximum Gasteiger partial charge on any atom is 0.124 e. The highest BCUT2D eigenvalue weighted by Crippen LogP contribution is 2.32. The van der Waals surface area contributed by atoms with Crippen LogP contribution in [0.3, 0.4) is 0 Å². The van der Waals surface area contributed by atoms with E-state index in [0.29, 0.717) is 0 Å². The topological polar surface area (TPSA) is 29.5 Å². The highest BCUT2D eigenvalue weighted by atomic mass is 79.9. The van der Waals surface area contributed by atoms with E-state index in [1.807, 2.05) is 32.0 Å². The first-order valence-corrected chi connectivity index (χ1v) is 5.37. The molecule has 1 aromatic carbocycles. The van der Waals surface area contributed by atoms with Gasteiger partial charge in [0.1, 0.15) is 5.75 Å². The molecule has 0 aliphatic heterocycles. The fourth-order valence-corrected chi connectivity index (χ4v) is 1.67. The minimum atomic E-state index is -0.484. The van der Waals surface area contributed by atoms with Crippen molar-refractivity contribution in [3.63, 3.8) is 0 Å². The largest absolute Gasteiger partial charge is 0.496 e. The second-order valence-corrected chi connectivity index (χ2v) is 4.49. The van der Waals surface area contributed by atoms with Gasteiger partial charge in [-0.2, -0.15) is 0 Å². The van der Waals surface area contributed by atoms with Gasteiger partial charge in [0.25, 0.3) is 0 Å². The Labute approximate surface area is 93.0 Å². The van der Waals surface area contributed by atoms with Crippen LogP contribution in [0.2, 0.25) is 0 Å². The first-order valence-electron chi connectivity index (χ1n) is 4.57. The highest BCUT2D eigenvalue weighted by Gasteiger charge is 2.16. The lowest BCUT2D eigenvalue weighted by atomic mass is 9.98. The van der Waals surface area contributed by atoms with Crippen LogP contribution in [0.15, 0.2) is 22.7 Å². The average molecular weight is 259 g/mol. The average Bonchev–Trinajstić information content (AvgIpc) is 2.16. The number of rotatable bonds is 3. The van der Waals surface area contributed by atoms with Crippen molar-refractivity contribution in [2.24, 2.45) is 5.92 Å². The van der Waals surface area contributed by atoms with Crippen LogP contribution in [0, 0.1) is 5.92 Å². The van der Waals surface area contributed by atoms with Crippen molar-refractivity contribution in [2.45, 2.75) is 20.0 Å². The number of halogens is 1. The molecule has 1 rings (SSSR count). The van der Waals surface area contributed by atoms with Gasteiger partial charge in [-0.3, -0.25) is 0 Å². The van der Waals surface area contributed by atoms with Crippen LogP contribution in [0.25, 0.3) is 0 Å².